The van der Waals surface area contributed by atoms with Crippen LogP contribution in [0, 0.1) is 12.8 Å². The minimum atomic E-state index is -0.350. The van der Waals surface area contributed by atoms with Crippen molar-refractivity contribution in [1.82, 2.24) is 15.1 Å². The van der Waals surface area contributed by atoms with Gasteiger partial charge >= 0.3 is 0 Å². The van der Waals surface area contributed by atoms with E-state index in [9.17, 15) is 9.59 Å². The zero-order chi connectivity index (χ0) is 17.1. The third-order valence-corrected chi connectivity index (χ3v) is 4.79. The number of amides is 2. The smallest absolute Gasteiger partial charge is 0.277 e. The number of furan rings is 1. The first-order chi connectivity index (χ1) is 11.5. The zero-order valence-corrected chi connectivity index (χ0v) is 14.0. The number of carbonyl (C=O) groups is 2. The van der Waals surface area contributed by atoms with Crippen LogP contribution in [-0.2, 0) is 9.59 Å². The normalized spacial score (nSPS) is 17.9. The second-order valence-corrected chi connectivity index (χ2v) is 6.56. The number of aryl methyl sites for hydroxylation is 1. The molecule has 2 aromatic rings. The summed E-state index contributed by atoms with van der Waals surface area (Å²) in [4.78, 5) is 25.2. The van der Waals surface area contributed by atoms with Crippen LogP contribution in [0.2, 0.25) is 0 Å². The highest BCUT2D eigenvalue weighted by molar-refractivity contribution is 7.99. The fraction of sp³-hybridized carbons (Fsp3) is 0.467. The fourth-order valence-electron chi connectivity index (χ4n) is 2.63. The van der Waals surface area contributed by atoms with Crippen molar-refractivity contribution in [2.24, 2.45) is 11.7 Å². The molecule has 8 nitrogen and oxygen atoms in total. The predicted molar refractivity (Wildman–Crippen MR) is 86.0 cm³/mol. The van der Waals surface area contributed by atoms with Crippen molar-refractivity contribution in [1.29, 1.82) is 0 Å². The largest absolute Gasteiger partial charge is 0.469 e. The number of piperidine rings is 1. The number of nitrogens with zero attached hydrogens (tertiary/aromatic N) is 3. The lowest BCUT2D eigenvalue weighted by molar-refractivity contribution is -0.132. The van der Waals surface area contributed by atoms with E-state index in [-0.39, 0.29) is 23.5 Å². The van der Waals surface area contributed by atoms with Crippen LogP contribution in [0.15, 0.2) is 26.4 Å². The molecule has 0 radical (unpaired) electrons. The van der Waals surface area contributed by atoms with Crippen molar-refractivity contribution in [3.8, 4) is 11.5 Å². The molecule has 128 valence electrons. The lowest BCUT2D eigenvalue weighted by Crippen LogP contribution is -2.44. The summed E-state index contributed by atoms with van der Waals surface area (Å²) in [7, 11) is 0. The molecule has 1 aliphatic rings. The van der Waals surface area contributed by atoms with Crippen molar-refractivity contribution in [3.63, 3.8) is 0 Å². The lowest BCUT2D eigenvalue weighted by atomic mass is 9.97. The summed E-state index contributed by atoms with van der Waals surface area (Å²) < 4.78 is 10.7. The summed E-state index contributed by atoms with van der Waals surface area (Å²) in [5.41, 5.74) is 6.07. The van der Waals surface area contributed by atoms with Gasteiger partial charge in [0.05, 0.1) is 23.5 Å². The van der Waals surface area contributed by atoms with Gasteiger partial charge in [-0.3, -0.25) is 9.59 Å². The molecule has 0 aliphatic carbocycles. The molecular weight excluding hydrogens is 332 g/mol. The molecule has 1 atom stereocenters. The minimum absolute atomic E-state index is 0.0646. The molecule has 0 aromatic carbocycles. The van der Waals surface area contributed by atoms with Crippen LogP contribution in [0.1, 0.15) is 18.6 Å². The highest BCUT2D eigenvalue weighted by atomic mass is 32.2. The molecule has 0 bridgehead atoms. The Morgan fingerprint density at radius 2 is 2.29 bits per heavy atom. The highest BCUT2D eigenvalue weighted by Crippen LogP contribution is 2.26. The summed E-state index contributed by atoms with van der Waals surface area (Å²) in [5, 5.41) is 8.22. The van der Waals surface area contributed by atoms with E-state index < -0.39 is 0 Å². The Labute approximate surface area is 142 Å². The maximum atomic E-state index is 12.3. The van der Waals surface area contributed by atoms with Gasteiger partial charge in [0.2, 0.25) is 11.8 Å². The summed E-state index contributed by atoms with van der Waals surface area (Å²) in [6.45, 7) is 2.84. The summed E-state index contributed by atoms with van der Waals surface area (Å²) >= 11 is 1.18. The van der Waals surface area contributed by atoms with Gasteiger partial charge in [0.1, 0.15) is 5.76 Å². The van der Waals surface area contributed by atoms with E-state index in [1.807, 2.05) is 0 Å². The van der Waals surface area contributed by atoms with Gasteiger partial charge in [-0.05, 0) is 25.8 Å². The number of likely N-dealkylation sites (tertiary alicyclic amines) is 1. The SMILES string of the molecule is Cc1occc1-c1nnc(SCC(=O)N2CCC[C@H](C(N)=O)C2)o1. The number of hydrogen-bond donors (Lipinski definition) is 1. The van der Waals surface area contributed by atoms with E-state index in [0.29, 0.717) is 30.0 Å². The Bertz CT molecular complexity index is 741. The van der Waals surface area contributed by atoms with Crippen molar-refractivity contribution < 1.29 is 18.4 Å². The molecule has 0 spiro atoms. The standard InChI is InChI=1S/C15H18N4O4S/c1-9-11(4-6-22-9)14-17-18-15(23-14)24-8-12(20)19-5-2-3-10(7-19)13(16)21/h4,6,10H,2-3,5,7-8H2,1H3,(H2,16,21)/t10-/m0/s1. The number of hydrogen-bond acceptors (Lipinski definition) is 7. The molecule has 2 amide bonds. The molecular formula is C15H18N4O4S. The Hall–Kier alpha value is -2.29. The van der Waals surface area contributed by atoms with Crippen LogP contribution in [0.25, 0.3) is 11.5 Å². The van der Waals surface area contributed by atoms with E-state index in [0.717, 1.165) is 18.4 Å². The minimum Gasteiger partial charge on any atom is -0.469 e. The molecule has 1 saturated heterocycles. The van der Waals surface area contributed by atoms with Gasteiger partial charge in [-0.1, -0.05) is 11.8 Å². The zero-order valence-electron chi connectivity index (χ0n) is 13.2. The van der Waals surface area contributed by atoms with Gasteiger partial charge in [0, 0.05) is 13.1 Å². The molecule has 2 aromatic heterocycles. The average molecular weight is 350 g/mol. The number of carbonyl (C=O) groups excluding carboxylic acids is 2. The molecule has 9 heteroatoms. The topological polar surface area (TPSA) is 115 Å². The van der Waals surface area contributed by atoms with Crippen molar-refractivity contribution in [2.45, 2.75) is 25.0 Å². The first kappa shape index (κ1) is 16.6. The van der Waals surface area contributed by atoms with Crippen molar-refractivity contribution >= 4 is 23.6 Å². The average Bonchev–Trinajstić information content (AvgIpc) is 3.21. The molecule has 0 unspecified atom stereocenters. The Morgan fingerprint density at radius 3 is 3.00 bits per heavy atom. The van der Waals surface area contributed by atoms with E-state index in [4.69, 9.17) is 14.6 Å². The number of aromatic nitrogens is 2. The Balaban J connectivity index is 1.56. The van der Waals surface area contributed by atoms with Crippen LogP contribution in [0.4, 0.5) is 0 Å². The van der Waals surface area contributed by atoms with Crippen LogP contribution >= 0.6 is 11.8 Å². The van der Waals surface area contributed by atoms with Gasteiger partial charge in [-0.15, -0.1) is 10.2 Å². The second-order valence-electron chi connectivity index (χ2n) is 5.63. The second kappa shape index (κ2) is 7.08. The van der Waals surface area contributed by atoms with E-state index in [1.54, 1.807) is 24.2 Å². The van der Waals surface area contributed by atoms with Gasteiger partial charge in [0.25, 0.3) is 11.1 Å². The summed E-state index contributed by atoms with van der Waals surface area (Å²) in [5.74, 6) is 0.562. The van der Waals surface area contributed by atoms with Crippen molar-refractivity contribution in [3.05, 3.63) is 18.1 Å². The molecule has 1 aliphatic heterocycles. The van der Waals surface area contributed by atoms with E-state index >= 15 is 0 Å². The van der Waals surface area contributed by atoms with Gasteiger partial charge in [-0.2, -0.15) is 0 Å². The quantitative estimate of drug-likeness (QED) is 0.811. The third-order valence-electron chi connectivity index (χ3n) is 3.99. The van der Waals surface area contributed by atoms with E-state index in [1.165, 1.54) is 11.8 Å². The monoisotopic (exact) mass is 350 g/mol. The fourth-order valence-corrected chi connectivity index (χ4v) is 3.30. The Morgan fingerprint density at radius 1 is 1.46 bits per heavy atom. The van der Waals surface area contributed by atoms with Crippen molar-refractivity contribution in [2.75, 3.05) is 18.8 Å². The number of thioether (sulfide) groups is 1. The maximum absolute atomic E-state index is 12.3. The number of nitrogens with two attached hydrogens (primary N) is 1. The number of rotatable bonds is 5. The molecule has 3 rings (SSSR count). The first-order valence-electron chi connectivity index (χ1n) is 7.62. The highest BCUT2D eigenvalue weighted by Gasteiger charge is 2.27. The van der Waals surface area contributed by atoms with Gasteiger partial charge in [0.15, 0.2) is 0 Å². The van der Waals surface area contributed by atoms with Gasteiger partial charge in [-0.25, -0.2) is 0 Å². The summed E-state index contributed by atoms with van der Waals surface area (Å²) in [6.07, 6.45) is 3.08. The molecule has 0 saturated carbocycles. The number of primary amides is 1. The van der Waals surface area contributed by atoms with E-state index in [2.05, 4.69) is 10.2 Å². The van der Waals surface area contributed by atoms with Gasteiger partial charge < -0.3 is 19.5 Å². The van der Waals surface area contributed by atoms with Crippen LogP contribution < -0.4 is 5.73 Å². The molecule has 2 N–H and O–H groups in total. The van der Waals surface area contributed by atoms with Crippen LogP contribution in [0.5, 0.6) is 0 Å². The first-order valence-corrected chi connectivity index (χ1v) is 8.61. The third kappa shape index (κ3) is 3.61. The molecule has 24 heavy (non-hydrogen) atoms. The molecule has 3 heterocycles. The van der Waals surface area contributed by atoms with Crippen LogP contribution in [-0.4, -0.2) is 45.8 Å². The Kier molecular flexibility index (Phi) is 4.89. The molecule has 1 fully saturated rings. The maximum Gasteiger partial charge on any atom is 0.277 e. The summed E-state index contributed by atoms with van der Waals surface area (Å²) in [6, 6.07) is 1.75. The predicted octanol–water partition coefficient (Wildman–Crippen LogP) is 1.45. The van der Waals surface area contributed by atoms with Crippen LogP contribution in [0.3, 0.4) is 0 Å². The lowest BCUT2D eigenvalue weighted by Gasteiger charge is -2.31.